The average molecular weight is 474 g/mol. The zero-order valence-electron chi connectivity index (χ0n) is 16.8. The van der Waals surface area contributed by atoms with E-state index in [4.69, 9.17) is 11.6 Å². The van der Waals surface area contributed by atoms with Crippen LogP contribution in [0, 0.1) is 5.95 Å². The van der Waals surface area contributed by atoms with E-state index in [-0.39, 0.29) is 23.8 Å². The molecule has 11 heteroatoms. The molecule has 0 aliphatic rings. The van der Waals surface area contributed by atoms with Crippen molar-refractivity contribution in [1.29, 1.82) is 0 Å². The third-order valence-corrected chi connectivity index (χ3v) is 6.13. The van der Waals surface area contributed by atoms with Crippen LogP contribution in [0.15, 0.2) is 59.9 Å². The number of benzene rings is 2. The summed E-state index contributed by atoms with van der Waals surface area (Å²) in [5.74, 6) is -1.05. The molecule has 0 saturated carbocycles. The maximum Gasteiger partial charge on any atom is 0.231 e. The van der Waals surface area contributed by atoms with Crippen molar-refractivity contribution in [3.8, 4) is 0 Å². The minimum Gasteiger partial charge on any atom is -0.326 e. The zero-order chi connectivity index (χ0) is 22.9. The molecule has 1 amide bonds. The molecule has 0 fully saturated rings. The molecule has 32 heavy (non-hydrogen) atoms. The lowest BCUT2D eigenvalue weighted by molar-refractivity contribution is -0.115. The largest absolute Gasteiger partial charge is 0.326 e. The number of carbonyl (C=O) groups is 1. The number of hydrogen-bond acceptors (Lipinski definition) is 6. The fourth-order valence-electron chi connectivity index (χ4n) is 3.21. The van der Waals surface area contributed by atoms with Crippen molar-refractivity contribution in [1.82, 2.24) is 19.7 Å². The van der Waals surface area contributed by atoms with Crippen LogP contribution in [0.25, 0.3) is 10.9 Å². The summed E-state index contributed by atoms with van der Waals surface area (Å²) in [7, 11) is -3.62. The molecule has 0 bridgehead atoms. The van der Waals surface area contributed by atoms with Gasteiger partial charge in [-0.25, -0.2) is 13.4 Å². The Morgan fingerprint density at radius 2 is 1.97 bits per heavy atom. The van der Waals surface area contributed by atoms with Crippen LogP contribution >= 0.6 is 11.6 Å². The van der Waals surface area contributed by atoms with Crippen LogP contribution in [0.4, 0.5) is 10.1 Å². The summed E-state index contributed by atoms with van der Waals surface area (Å²) >= 11 is 6.11. The smallest absolute Gasteiger partial charge is 0.231 e. The quantitative estimate of drug-likeness (QED) is 0.460. The molecule has 0 atom stereocenters. The van der Waals surface area contributed by atoms with Gasteiger partial charge in [0.15, 0.2) is 9.84 Å². The molecular weight excluding hydrogens is 457 g/mol. The third-order valence-electron chi connectivity index (χ3n) is 4.62. The monoisotopic (exact) mass is 473 g/mol. The lowest BCUT2D eigenvalue weighted by Crippen LogP contribution is -2.15. The maximum absolute atomic E-state index is 13.0. The lowest BCUT2D eigenvalue weighted by Gasteiger charge is -2.09. The van der Waals surface area contributed by atoms with Crippen LogP contribution in [0.2, 0.25) is 5.02 Å². The first-order valence-corrected chi connectivity index (χ1v) is 11.7. The topological polar surface area (TPSA) is 107 Å². The molecule has 164 valence electrons. The van der Waals surface area contributed by atoms with E-state index in [0.29, 0.717) is 32.9 Å². The number of anilines is 1. The Hall–Kier alpha value is -3.37. The molecule has 0 saturated heterocycles. The number of aromatic nitrogens is 4. The highest BCUT2D eigenvalue weighted by Crippen LogP contribution is 2.27. The summed E-state index contributed by atoms with van der Waals surface area (Å²) in [5, 5.41) is 7.97. The average Bonchev–Trinajstić information content (AvgIpc) is 3.12. The SMILES string of the molecule is CS(=O)(=O)c1cc(NC(=O)Cc2ccccc2Cl)cc2nn(Cc3cnc(F)cn3)cc12. The molecule has 0 unspecified atom stereocenters. The predicted molar refractivity (Wildman–Crippen MR) is 118 cm³/mol. The molecule has 4 aromatic rings. The number of halogens is 2. The van der Waals surface area contributed by atoms with E-state index in [1.807, 2.05) is 0 Å². The number of rotatable bonds is 6. The van der Waals surface area contributed by atoms with Crippen LogP contribution in [0.3, 0.4) is 0 Å². The van der Waals surface area contributed by atoms with Crippen molar-refractivity contribution in [3.05, 3.63) is 77.2 Å². The minimum absolute atomic E-state index is 0.0273. The van der Waals surface area contributed by atoms with Crippen LogP contribution in [0.5, 0.6) is 0 Å². The van der Waals surface area contributed by atoms with E-state index in [0.717, 1.165) is 12.5 Å². The molecule has 2 aromatic carbocycles. The number of nitrogens with zero attached hydrogens (tertiary/aromatic N) is 4. The van der Waals surface area contributed by atoms with Crippen molar-refractivity contribution in [2.75, 3.05) is 11.6 Å². The zero-order valence-corrected chi connectivity index (χ0v) is 18.4. The van der Waals surface area contributed by atoms with E-state index in [1.165, 1.54) is 16.9 Å². The highest BCUT2D eigenvalue weighted by atomic mass is 35.5. The highest BCUT2D eigenvalue weighted by molar-refractivity contribution is 7.91. The Kier molecular flexibility index (Phi) is 5.90. The Labute approximate surface area is 188 Å². The Bertz CT molecular complexity index is 1420. The van der Waals surface area contributed by atoms with Gasteiger partial charge in [-0.1, -0.05) is 29.8 Å². The lowest BCUT2D eigenvalue weighted by atomic mass is 10.1. The fourth-order valence-corrected chi connectivity index (χ4v) is 4.31. The normalized spacial score (nSPS) is 11.6. The fraction of sp³-hybridized carbons (Fsp3) is 0.143. The van der Waals surface area contributed by atoms with Gasteiger partial charge in [0.1, 0.15) is 0 Å². The highest BCUT2D eigenvalue weighted by Gasteiger charge is 2.18. The molecule has 2 aromatic heterocycles. The van der Waals surface area contributed by atoms with E-state index < -0.39 is 15.8 Å². The summed E-state index contributed by atoms with van der Waals surface area (Å²) in [6.07, 6.45) is 4.95. The number of hydrogen-bond donors (Lipinski definition) is 1. The molecule has 8 nitrogen and oxygen atoms in total. The number of carbonyl (C=O) groups excluding carboxylic acids is 1. The number of amides is 1. The Morgan fingerprint density at radius 3 is 2.66 bits per heavy atom. The maximum atomic E-state index is 13.0. The van der Waals surface area contributed by atoms with Crippen molar-refractivity contribution >= 4 is 43.9 Å². The third kappa shape index (κ3) is 4.92. The van der Waals surface area contributed by atoms with Crippen molar-refractivity contribution in [2.24, 2.45) is 0 Å². The number of nitrogens with one attached hydrogen (secondary N) is 1. The summed E-state index contributed by atoms with van der Waals surface area (Å²) in [6.45, 7) is 0.166. The molecule has 1 N–H and O–H groups in total. The molecule has 2 heterocycles. The second-order valence-corrected chi connectivity index (χ2v) is 9.54. The molecule has 0 aliphatic heterocycles. The number of sulfone groups is 1. The van der Waals surface area contributed by atoms with Gasteiger partial charge in [-0.15, -0.1) is 0 Å². The summed E-state index contributed by atoms with van der Waals surface area (Å²) in [4.78, 5) is 20.0. The molecule has 0 radical (unpaired) electrons. The first kappa shape index (κ1) is 21.8. The van der Waals surface area contributed by atoms with E-state index >= 15 is 0 Å². The predicted octanol–water partition coefficient (Wildman–Crippen LogP) is 3.25. The minimum atomic E-state index is -3.62. The van der Waals surface area contributed by atoms with Gasteiger partial charge in [-0.05, 0) is 23.8 Å². The van der Waals surface area contributed by atoms with Gasteiger partial charge < -0.3 is 5.32 Å². The number of fused-ring (bicyclic) bond motifs is 1. The van der Waals surface area contributed by atoms with Crippen molar-refractivity contribution in [2.45, 2.75) is 17.9 Å². The van der Waals surface area contributed by atoms with E-state index in [2.05, 4.69) is 20.4 Å². The first-order chi connectivity index (χ1) is 15.2. The Balaban J connectivity index is 1.65. The van der Waals surface area contributed by atoms with Gasteiger partial charge in [0, 0.05) is 28.5 Å². The van der Waals surface area contributed by atoms with Gasteiger partial charge in [0.05, 0.1) is 41.5 Å². The molecule has 0 aliphatic carbocycles. The Morgan fingerprint density at radius 1 is 1.19 bits per heavy atom. The molecule has 0 spiro atoms. The van der Waals surface area contributed by atoms with Crippen LogP contribution in [-0.4, -0.2) is 40.3 Å². The molecule has 4 rings (SSSR count). The summed E-state index contributed by atoms with van der Waals surface area (Å²) in [6, 6.07) is 9.96. The van der Waals surface area contributed by atoms with Gasteiger partial charge in [0.2, 0.25) is 11.9 Å². The van der Waals surface area contributed by atoms with Crippen molar-refractivity contribution < 1.29 is 17.6 Å². The van der Waals surface area contributed by atoms with Crippen molar-refractivity contribution in [3.63, 3.8) is 0 Å². The van der Waals surface area contributed by atoms with Crippen LogP contribution in [0.1, 0.15) is 11.3 Å². The second kappa shape index (κ2) is 8.64. The summed E-state index contributed by atoms with van der Waals surface area (Å²) < 4.78 is 39.3. The van der Waals surface area contributed by atoms with Gasteiger partial charge in [-0.3, -0.25) is 14.5 Å². The first-order valence-electron chi connectivity index (χ1n) is 9.40. The van der Waals surface area contributed by atoms with Crippen LogP contribution in [-0.2, 0) is 27.6 Å². The van der Waals surface area contributed by atoms with Gasteiger partial charge >= 0.3 is 0 Å². The van der Waals surface area contributed by atoms with E-state index in [9.17, 15) is 17.6 Å². The van der Waals surface area contributed by atoms with Gasteiger partial charge in [0.25, 0.3) is 0 Å². The van der Waals surface area contributed by atoms with Crippen LogP contribution < -0.4 is 5.32 Å². The van der Waals surface area contributed by atoms with Gasteiger partial charge in [-0.2, -0.15) is 9.49 Å². The molecular formula is C21H17ClFN5O3S. The second-order valence-electron chi connectivity index (χ2n) is 7.15. The van der Waals surface area contributed by atoms with E-state index in [1.54, 1.807) is 36.5 Å². The summed E-state index contributed by atoms with van der Waals surface area (Å²) in [5.41, 5.74) is 1.77. The standard InChI is InChI=1S/C21H17ClFN5O3S/c1-32(30,31)19-8-14(26-21(29)6-13-4-2-3-5-17(13)22)7-18-16(19)12-28(27-18)11-15-9-25-20(23)10-24-15/h2-5,7-10,12H,6,11H2,1H3,(H,26,29).